The Morgan fingerprint density at radius 3 is 1.36 bits per heavy atom. The molecule has 11 aromatic rings. The maximum absolute atomic E-state index is 11.5. The molecule has 2 aliphatic heterocycles. The third kappa shape index (κ3) is 9.85. The smallest absolute Gasteiger partial charge is 0.252 e. The van der Waals surface area contributed by atoms with Gasteiger partial charge in [-0.2, -0.15) is 0 Å². The number of hydrogen-bond donors (Lipinski definition) is 0. The number of fused-ring (bicyclic) bond motifs is 10. The van der Waals surface area contributed by atoms with Crippen LogP contribution in [0.15, 0.2) is 162 Å². The van der Waals surface area contributed by atoms with Gasteiger partial charge < -0.3 is 14.2 Å². The van der Waals surface area contributed by atoms with Crippen molar-refractivity contribution in [2.75, 3.05) is 9.80 Å². The first-order valence-electron chi connectivity index (χ1n) is 41.9. The van der Waals surface area contributed by atoms with Crippen molar-refractivity contribution in [3.8, 4) is 22.3 Å². The van der Waals surface area contributed by atoms with Gasteiger partial charge in [0.15, 0.2) is 0 Å². The third-order valence-corrected chi connectivity index (χ3v) is 17.7. The van der Waals surface area contributed by atoms with E-state index in [0.29, 0.717) is 27.0 Å². The summed E-state index contributed by atoms with van der Waals surface area (Å²) in [6.07, 6.45) is 0. The van der Waals surface area contributed by atoms with Gasteiger partial charge in [-0.15, -0.1) is 11.3 Å². The number of benzene rings is 9. The van der Waals surface area contributed by atoms with Crippen LogP contribution in [-0.2, 0) is 37.9 Å². The van der Waals surface area contributed by atoms with Gasteiger partial charge in [-0.25, -0.2) is 0 Å². The fourth-order valence-corrected chi connectivity index (χ4v) is 13.0. The molecule has 5 heteroatoms. The molecule has 0 saturated heterocycles. The molecular formula is C82H89BN2OS. The molecule has 3 nitrogen and oxygen atoms in total. The summed E-state index contributed by atoms with van der Waals surface area (Å²) in [6, 6.07) is -10.4. The summed E-state index contributed by atoms with van der Waals surface area (Å²) in [5, 5.41) is 0.465. The minimum Gasteiger partial charge on any atom is -0.456 e. The molecule has 0 bridgehead atoms. The zero-order valence-electron chi connectivity index (χ0n) is 77.9. The minimum absolute atomic E-state index is 0.00844. The highest BCUT2D eigenvalue weighted by Crippen LogP contribution is 2.54. The van der Waals surface area contributed by atoms with E-state index in [1.807, 2.05) is 83.1 Å². The van der Waals surface area contributed by atoms with Gasteiger partial charge in [0.25, 0.3) is 6.71 Å². The van der Waals surface area contributed by atoms with Gasteiger partial charge in [-0.1, -0.05) is 230 Å². The quantitative estimate of drug-likeness (QED) is 0.164. The molecule has 0 amide bonds. The van der Waals surface area contributed by atoms with Crippen LogP contribution in [0.5, 0.6) is 0 Å². The Balaban J connectivity index is 1.42. The maximum atomic E-state index is 11.5. The monoisotopic (exact) mass is 1180 g/mol. The van der Waals surface area contributed by atoms with Crippen LogP contribution in [-0.4, -0.2) is 6.71 Å². The molecule has 0 N–H and O–H groups in total. The lowest BCUT2D eigenvalue weighted by Crippen LogP contribution is -2.61. The zero-order chi connectivity index (χ0) is 83.1. The molecule has 2 aromatic heterocycles. The molecule has 2 aliphatic rings. The van der Waals surface area contributed by atoms with E-state index >= 15 is 0 Å². The highest BCUT2D eigenvalue weighted by Gasteiger charge is 2.46. The van der Waals surface area contributed by atoms with Crippen molar-refractivity contribution < 1.29 is 37.3 Å². The molecule has 0 aliphatic carbocycles. The van der Waals surface area contributed by atoms with Crippen molar-refractivity contribution in [3.63, 3.8) is 0 Å². The summed E-state index contributed by atoms with van der Waals surface area (Å²) in [6.45, 7) is 36.5. The molecule has 442 valence electrons. The van der Waals surface area contributed by atoms with E-state index in [1.54, 1.807) is 74.4 Å². The molecule has 87 heavy (non-hydrogen) atoms. The Kier molecular flexibility index (Phi) is 8.29. The van der Waals surface area contributed by atoms with Gasteiger partial charge in [-0.05, 0) is 171 Å². The molecule has 0 radical (unpaired) electrons. The van der Waals surface area contributed by atoms with Crippen molar-refractivity contribution in [1.29, 1.82) is 0 Å². The van der Waals surface area contributed by atoms with Crippen LogP contribution in [0.2, 0.25) is 0 Å². The van der Waals surface area contributed by atoms with E-state index < -0.39 is 187 Å². The first-order chi connectivity index (χ1) is 50.6. The first kappa shape index (κ1) is 36.8. The van der Waals surface area contributed by atoms with Gasteiger partial charge in [-0.3, -0.25) is 0 Å². The molecule has 0 saturated carbocycles. The average molecular weight is 1190 g/mol. The summed E-state index contributed by atoms with van der Waals surface area (Å²) in [5.41, 5.74) is -10.0. The molecule has 4 heterocycles. The Hall–Kier alpha value is -7.34. The number of thiophene rings is 1. The Labute approximate surface area is 557 Å². The first-order valence-corrected chi connectivity index (χ1v) is 30.7. The van der Waals surface area contributed by atoms with Crippen LogP contribution < -0.4 is 26.2 Å². The molecule has 0 unspecified atom stereocenters. The number of furan rings is 1. The Bertz CT molecular complexity index is 6020. The minimum atomic E-state index is -1.66. The summed E-state index contributed by atoms with van der Waals surface area (Å²) >= 11 is 1.06. The lowest BCUT2D eigenvalue weighted by molar-refractivity contribution is 0.559. The largest absolute Gasteiger partial charge is 0.456 e. The van der Waals surface area contributed by atoms with E-state index in [4.69, 9.17) is 7.16 Å². The number of nitrogens with zero attached hydrogens (tertiary/aromatic N) is 2. The maximum Gasteiger partial charge on any atom is 0.252 e. The van der Waals surface area contributed by atoms with E-state index in [-0.39, 0.29) is 129 Å². The summed E-state index contributed by atoms with van der Waals surface area (Å²) in [4.78, 5) is 2.72. The molecular weight excluding hydrogens is 1070 g/mol. The van der Waals surface area contributed by atoms with Crippen LogP contribution >= 0.6 is 11.3 Å². The SMILES string of the molecule is [2H]c1c([2H])c([2H])c(-c2c([2H])c(C(C)(C)C)c([2H])c([2H])c2N2c3cc4c(oc5c(C(C)(C)C)c([2H])c(C(C)(C)C)c([2H])c54)c([2H])c3B3c4c(cc(C(C)(C)C)c([2H])c42)N(c2c([2H])c([2H])c(C(C)(C)C)c([2H])c2-c2c([2H])c([2H])c([2H])c([2H])c2[2H])c2c3c([2H])c3sc4c(C(C)(C)C)c([2H])c(C(C)(C)C)c([2H])c4c3c2[2H])c([2H])c1[2H]. The van der Waals surface area contributed by atoms with Crippen LogP contribution in [0, 0.1) is 0 Å². The van der Waals surface area contributed by atoms with Crippen molar-refractivity contribution in [1.82, 2.24) is 0 Å². The van der Waals surface area contributed by atoms with Gasteiger partial charge in [0, 0.05) is 70.4 Å². The molecule has 0 spiro atoms. The second-order valence-electron chi connectivity index (χ2n) is 30.8. The molecule has 0 fully saturated rings. The predicted molar refractivity (Wildman–Crippen MR) is 382 cm³/mol. The van der Waals surface area contributed by atoms with Gasteiger partial charge in [0.1, 0.15) is 11.2 Å². The fraction of sp³-hybridized carbons (Fsp3) is 0.341. The van der Waals surface area contributed by atoms with Crippen LogP contribution in [0.3, 0.4) is 0 Å². The molecule has 0 atom stereocenters. The van der Waals surface area contributed by atoms with E-state index in [2.05, 4.69) is 0 Å². The number of anilines is 6. The van der Waals surface area contributed by atoms with Crippen molar-refractivity contribution in [3.05, 3.63) is 196 Å². The van der Waals surface area contributed by atoms with Crippen LogP contribution in [0.25, 0.3) is 64.4 Å². The van der Waals surface area contributed by atoms with Gasteiger partial charge >= 0.3 is 0 Å². The summed E-state index contributed by atoms with van der Waals surface area (Å²) in [5.74, 6) is 0. The second-order valence-corrected chi connectivity index (χ2v) is 31.8. The summed E-state index contributed by atoms with van der Waals surface area (Å²) in [7, 11) is 0. The second kappa shape index (κ2) is 19.6. The van der Waals surface area contributed by atoms with Crippen molar-refractivity contribution in [2.45, 2.75) is 183 Å². The van der Waals surface area contributed by atoms with Gasteiger partial charge in [0.05, 0.1) is 44.3 Å². The van der Waals surface area contributed by atoms with Crippen LogP contribution in [0.1, 0.15) is 217 Å². The Morgan fingerprint density at radius 2 is 0.851 bits per heavy atom. The number of rotatable bonds is 4. The van der Waals surface area contributed by atoms with Crippen molar-refractivity contribution >= 4 is 111 Å². The third-order valence-electron chi connectivity index (χ3n) is 16.6. The zero-order valence-corrected chi connectivity index (χ0v) is 54.8. The average Bonchev–Trinajstić information content (AvgIpc) is 1.65. The lowest BCUT2D eigenvalue weighted by atomic mass is 9.33. The lowest BCUT2D eigenvalue weighted by Gasteiger charge is -2.46. The topological polar surface area (TPSA) is 19.6 Å². The van der Waals surface area contributed by atoms with E-state index in [1.165, 1.54) is 9.80 Å². The number of hydrogen-bond acceptors (Lipinski definition) is 4. The normalized spacial score (nSPS) is 18.1. The molecule has 9 aromatic carbocycles. The standard InChI is InChI=1S/C82H89BN2OS/c1-76(2,3)50-32-34-65(55(36-50)48-28-24-22-25-29-48)84-67-44-57-59-38-52(78(7,8)9)40-61(81(16,17)18)74(59)86-71(57)46-63(67)83-64-47-72-58(60-39-53(79(10,11)12)41-62(75(60)87-72)82(19,20)21)45-68(64)85(70-43-54(80(13,14)15)42-69(84)73(70)83)66-35-33-51(77(4,5)6)37-56(66)49-30-26-23-27-31-49/h22-47H,1-21H3/i22D,23D,24D,25D,26D,27D,28D,29D,30D,31D,32D,33D,34D,35D,36D,37D,38D,39D,40D,41D,42D,45D,46D,47D. The van der Waals surface area contributed by atoms with Gasteiger partial charge in [0.2, 0.25) is 0 Å². The van der Waals surface area contributed by atoms with Crippen LogP contribution in [0.4, 0.5) is 34.1 Å². The van der Waals surface area contributed by atoms with Crippen molar-refractivity contribution in [2.24, 2.45) is 0 Å². The molecule has 13 rings (SSSR count). The highest BCUT2D eigenvalue weighted by molar-refractivity contribution is 7.26. The van der Waals surface area contributed by atoms with E-state index in [9.17, 15) is 30.2 Å². The van der Waals surface area contributed by atoms with E-state index in [0.717, 1.165) is 11.3 Å². The predicted octanol–water partition coefficient (Wildman–Crippen LogP) is 22.5. The highest BCUT2D eigenvalue weighted by atomic mass is 32.1. The summed E-state index contributed by atoms with van der Waals surface area (Å²) < 4.78 is 252. The Morgan fingerprint density at radius 1 is 0.368 bits per heavy atom. The fourth-order valence-electron chi connectivity index (χ4n) is 11.7.